The first-order valence-electron chi connectivity index (χ1n) is 24.7. The van der Waals surface area contributed by atoms with Crippen LogP contribution in [0.15, 0.2) is 93.9 Å². The van der Waals surface area contributed by atoms with Crippen LogP contribution in [0.3, 0.4) is 0 Å². The fraction of sp³-hybridized carbons (Fsp3) is 0.436. The van der Waals surface area contributed by atoms with Crippen LogP contribution in [0.5, 0.6) is 0 Å². The van der Waals surface area contributed by atoms with E-state index in [2.05, 4.69) is 94.8 Å². The zero-order chi connectivity index (χ0) is 51.4. The fourth-order valence-electron chi connectivity index (χ4n) is 10.1. The molecule has 0 radical (unpaired) electrons. The Labute approximate surface area is 434 Å². The van der Waals surface area contributed by atoms with Crippen LogP contribution in [0.4, 0.5) is 11.4 Å². The van der Waals surface area contributed by atoms with Gasteiger partial charge in [0.15, 0.2) is 0 Å². The highest BCUT2D eigenvalue weighted by Gasteiger charge is 2.46. The summed E-state index contributed by atoms with van der Waals surface area (Å²) in [6, 6.07) is 18.7. The molecule has 17 heteroatoms. The highest BCUT2D eigenvalue weighted by atomic mass is 79.9. The molecule has 2 saturated heterocycles. The molecule has 15 nitrogen and oxygen atoms in total. The number of hydrogen-bond acceptors (Lipinski definition) is 12. The monoisotopic (exact) mass is 1060 g/mol. The Morgan fingerprint density at radius 3 is 2.32 bits per heavy atom. The summed E-state index contributed by atoms with van der Waals surface area (Å²) < 4.78 is 14.1. The van der Waals surface area contributed by atoms with E-state index in [9.17, 15) is 19.2 Å². The molecule has 380 valence electrons. The van der Waals surface area contributed by atoms with E-state index in [1.807, 2.05) is 89.0 Å². The zero-order valence-corrected chi connectivity index (χ0v) is 45.1. The first-order valence-corrected chi connectivity index (χ1v) is 26.4. The second kappa shape index (κ2) is 22.3. The van der Waals surface area contributed by atoms with Gasteiger partial charge in [0.05, 0.1) is 52.9 Å². The second-order valence-electron chi connectivity index (χ2n) is 20.4. The third-order valence-electron chi connectivity index (χ3n) is 14.1. The van der Waals surface area contributed by atoms with Crippen LogP contribution >= 0.6 is 27.3 Å². The number of piperidine rings is 1. The summed E-state index contributed by atoms with van der Waals surface area (Å²) in [5.74, 6) is -0.276. The van der Waals surface area contributed by atoms with Gasteiger partial charge in [-0.3, -0.25) is 24.1 Å². The lowest BCUT2D eigenvalue weighted by atomic mass is 9.85. The molecule has 0 spiro atoms. The van der Waals surface area contributed by atoms with Crippen molar-refractivity contribution in [2.45, 2.75) is 112 Å². The lowest BCUT2D eigenvalue weighted by Crippen LogP contribution is -2.59. The predicted octanol–water partition coefficient (Wildman–Crippen LogP) is 9.83. The normalized spacial score (nSPS) is 17.4. The summed E-state index contributed by atoms with van der Waals surface area (Å²) in [5, 5.41) is 10.4. The number of ether oxygens (including phenoxy) is 1. The Morgan fingerprint density at radius 2 is 1.69 bits per heavy atom. The average molecular weight is 1060 g/mol. The van der Waals surface area contributed by atoms with E-state index in [0.29, 0.717) is 5.92 Å². The number of likely N-dealkylation sites (tertiary alicyclic amines) is 2. The number of esters is 1. The Balaban J connectivity index is 0.907. The third-order valence-corrected chi connectivity index (χ3v) is 15.7. The molecular weight excluding hydrogens is 995 g/mol. The highest BCUT2D eigenvalue weighted by molar-refractivity contribution is 9.10. The molecule has 72 heavy (non-hydrogen) atoms. The number of aryl methyl sites for hydroxylation is 4. The average Bonchev–Trinajstić information content (AvgIpc) is 4.18. The molecule has 0 bridgehead atoms. The number of benzene rings is 3. The molecule has 2 aliphatic rings. The number of anilines is 2. The molecule has 3 aromatic carbocycles. The number of thiazole rings is 1. The van der Waals surface area contributed by atoms with E-state index in [-0.39, 0.29) is 43.3 Å². The number of imidazole rings is 1. The van der Waals surface area contributed by atoms with E-state index in [0.717, 1.165) is 110 Å². The summed E-state index contributed by atoms with van der Waals surface area (Å²) in [4.78, 5) is 70.5. The largest absolute Gasteiger partial charge is 0.461 e. The Hall–Kier alpha value is -6.17. The minimum atomic E-state index is -0.936. The number of carbonyl (C=O) groups is 4. The Morgan fingerprint density at radius 1 is 0.958 bits per heavy atom. The van der Waals surface area contributed by atoms with Crippen molar-refractivity contribution in [1.82, 2.24) is 40.1 Å². The number of nitrogens with one attached hydrogen (secondary N) is 2. The van der Waals surface area contributed by atoms with Crippen LogP contribution in [0.25, 0.3) is 27.3 Å². The molecule has 5 heterocycles. The van der Waals surface area contributed by atoms with Crippen LogP contribution < -0.4 is 15.5 Å². The fourth-order valence-corrected chi connectivity index (χ4v) is 11.5. The van der Waals surface area contributed by atoms with Gasteiger partial charge in [0.2, 0.25) is 17.7 Å². The Kier molecular flexibility index (Phi) is 16.2. The number of rotatable bonds is 16. The van der Waals surface area contributed by atoms with E-state index in [1.54, 1.807) is 23.9 Å². The van der Waals surface area contributed by atoms with Gasteiger partial charge in [0.1, 0.15) is 23.9 Å². The van der Waals surface area contributed by atoms with Crippen molar-refractivity contribution in [1.29, 1.82) is 0 Å². The van der Waals surface area contributed by atoms with E-state index < -0.39 is 29.6 Å². The summed E-state index contributed by atoms with van der Waals surface area (Å²) in [7, 11) is 0. The van der Waals surface area contributed by atoms with Crippen LogP contribution in [0, 0.1) is 39.0 Å². The second-order valence-corrected chi connectivity index (χ2v) is 22.1. The number of nitrogens with zero attached hydrogens (tertiary/aromatic N) is 7. The number of hydrogen-bond donors (Lipinski definition) is 2. The van der Waals surface area contributed by atoms with Gasteiger partial charge in [-0.2, -0.15) is 0 Å². The molecule has 3 aromatic heterocycles. The molecule has 3 amide bonds. The molecule has 0 aliphatic carbocycles. The predicted molar refractivity (Wildman–Crippen MR) is 284 cm³/mol. The van der Waals surface area contributed by atoms with Gasteiger partial charge in [0.25, 0.3) is 0 Å². The molecule has 0 unspecified atom stereocenters. The maximum absolute atomic E-state index is 14.6. The number of halogens is 1. The number of carbonyl (C=O) groups excluding carboxylic acids is 4. The highest BCUT2D eigenvalue weighted by Crippen LogP contribution is 2.38. The third kappa shape index (κ3) is 12.0. The zero-order valence-electron chi connectivity index (χ0n) is 42.7. The van der Waals surface area contributed by atoms with E-state index in [4.69, 9.17) is 9.26 Å². The van der Waals surface area contributed by atoms with Crippen molar-refractivity contribution in [3.63, 3.8) is 0 Å². The summed E-state index contributed by atoms with van der Waals surface area (Å²) >= 11 is 5.43. The van der Waals surface area contributed by atoms with Crippen molar-refractivity contribution in [2.24, 2.45) is 11.3 Å². The topological polar surface area (TPSA) is 168 Å². The minimum absolute atomic E-state index is 0.0431. The first kappa shape index (κ1) is 52.2. The minimum Gasteiger partial charge on any atom is -0.461 e. The molecule has 8 rings (SSSR count). The first-order chi connectivity index (χ1) is 34.3. The maximum atomic E-state index is 14.6. The van der Waals surface area contributed by atoms with Crippen LogP contribution in [-0.2, 0) is 23.9 Å². The lowest BCUT2D eigenvalue weighted by molar-refractivity contribution is -0.147. The van der Waals surface area contributed by atoms with Gasteiger partial charge in [-0.25, -0.2) is 9.97 Å². The van der Waals surface area contributed by atoms with Crippen molar-refractivity contribution < 1.29 is 28.4 Å². The van der Waals surface area contributed by atoms with Crippen LogP contribution in [-0.4, -0.2) is 104 Å². The van der Waals surface area contributed by atoms with Gasteiger partial charge in [-0.05, 0) is 141 Å². The van der Waals surface area contributed by atoms with Gasteiger partial charge < -0.3 is 34.3 Å². The molecule has 6 aromatic rings. The van der Waals surface area contributed by atoms with Gasteiger partial charge >= 0.3 is 5.97 Å². The molecule has 4 atom stereocenters. The smallest absolute Gasteiger partial charge is 0.302 e. The summed E-state index contributed by atoms with van der Waals surface area (Å²) in [5.41, 5.74) is 11.3. The van der Waals surface area contributed by atoms with Crippen molar-refractivity contribution in [3.05, 3.63) is 118 Å². The lowest BCUT2D eigenvalue weighted by Gasteiger charge is -2.37. The molecular formula is C55H66BrN9O6S. The van der Waals surface area contributed by atoms with E-state index in [1.165, 1.54) is 11.8 Å². The number of amides is 3. The quantitative estimate of drug-likeness (QED) is 0.0886. The van der Waals surface area contributed by atoms with Crippen molar-refractivity contribution in [3.8, 4) is 27.3 Å². The molecule has 2 aliphatic heterocycles. The van der Waals surface area contributed by atoms with Crippen molar-refractivity contribution in [2.75, 3.05) is 37.6 Å². The molecule has 2 N–H and O–H groups in total. The number of aromatic nitrogens is 4. The van der Waals surface area contributed by atoms with Gasteiger partial charge in [-0.1, -0.05) is 62.3 Å². The van der Waals surface area contributed by atoms with Crippen LogP contribution in [0.2, 0.25) is 0 Å². The molecule has 0 saturated carbocycles. The standard InChI is InChI=1S/C55H66BrN9O6S/c1-33-10-11-42(50-35(3)61-71-37(50)5)26-47(33)64(43-16-17-46(45(56)27-43)63-25-21-57-31-63)24-20-39-18-22-62(23-19-39)30-49(67)60-52(55(7,8)9)54(69)65-29-44(70-38(6)66)28-48(65)53(68)59-34(2)40-12-14-41(15-13-40)51-36(4)58-32-72-51/h10-17,21,25-27,31-32,34,39,44,48,52H,18-20,22-24,28-30H2,1-9H3,(H,59,68)(H,60,67)/t34-,44+,48-,52+/m0/s1. The van der Waals surface area contributed by atoms with Crippen molar-refractivity contribution >= 4 is 62.3 Å². The van der Waals surface area contributed by atoms with Crippen LogP contribution in [0.1, 0.15) is 94.6 Å². The van der Waals surface area contributed by atoms with Gasteiger partial charge in [0, 0.05) is 53.7 Å². The van der Waals surface area contributed by atoms with Gasteiger partial charge in [-0.15, -0.1) is 11.3 Å². The maximum Gasteiger partial charge on any atom is 0.302 e. The Bertz CT molecular complexity index is 2860. The SMILES string of the molecule is CC(=O)O[C@@H]1C[C@@H](C(=O)N[C@@H](C)c2ccc(-c3scnc3C)cc2)N(C(=O)[C@@H](NC(=O)CN2CCC(CCN(c3ccc(-n4ccnc4)c(Br)c3)c3cc(-c4c(C)noc4C)ccc3C)CC2)C(C)(C)C)C1. The summed E-state index contributed by atoms with van der Waals surface area (Å²) in [6.07, 6.45) is 7.74. The molecule has 2 fully saturated rings. The summed E-state index contributed by atoms with van der Waals surface area (Å²) in [6.45, 7) is 19.4. The van der Waals surface area contributed by atoms with E-state index >= 15 is 0 Å².